The molecule has 2 aliphatic heterocycles. The Hall–Kier alpha value is -0.650. The molecule has 0 aliphatic carbocycles. The van der Waals surface area contributed by atoms with Crippen LogP contribution in [0.25, 0.3) is 0 Å². The molecule has 0 radical (unpaired) electrons. The lowest BCUT2D eigenvalue weighted by Gasteiger charge is -2.19. The fourth-order valence-corrected chi connectivity index (χ4v) is 1.52. The van der Waals surface area contributed by atoms with E-state index in [1.54, 1.807) is 7.05 Å². The first-order valence-corrected chi connectivity index (χ1v) is 4.04. The van der Waals surface area contributed by atoms with Gasteiger partial charge < -0.3 is 20.1 Å². The van der Waals surface area contributed by atoms with Gasteiger partial charge in [-0.05, 0) is 0 Å². The van der Waals surface area contributed by atoms with Crippen molar-refractivity contribution in [2.75, 3.05) is 20.1 Å². The van der Waals surface area contributed by atoms with Crippen LogP contribution in [0.3, 0.4) is 0 Å². The number of morpholine rings is 1. The maximum Gasteiger partial charge on any atom is 0.251 e. The third kappa shape index (κ3) is 1.20. The van der Waals surface area contributed by atoms with Gasteiger partial charge >= 0.3 is 0 Å². The summed E-state index contributed by atoms with van der Waals surface area (Å²) in [6, 6.07) is 0. The summed E-state index contributed by atoms with van der Waals surface area (Å²) in [5.74, 6) is -0.105. The number of rotatable bonds is 1. The number of hydrogen-bond donors (Lipinski definition) is 2. The minimum Gasteiger partial charge on any atom is -0.357 e. The normalized spacial score (nSPS) is 39.6. The minimum absolute atomic E-state index is 0.105. The van der Waals surface area contributed by atoms with Crippen molar-refractivity contribution < 1.29 is 14.3 Å². The van der Waals surface area contributed by atoms with Gasteiger partial charge in [0.2, 0.25) is 0 Å². The molecule has 2 saturated heterocycles. The molecule has 2 bridgehead atoms. The second-order valence-electron chi connectivity index (χ2n) is 2.93. The predicted octanol–water partition coefficient (Wildman–Crippen LogP) is -1.55. The van der Waals surface area contributed by atoms with Gasteiger partial charge in [0.05, 0.1) is 0 Å². The van der Waals surface area contributed by atoms with Crippen LogP contribution in [0.2, 0.25) is 0 Å². The zero-order valence-corrected chi connectivity index (χ0v) is 6.87. The molecule has 12 heavy (non-hydrogen) atoms. The number of carbonyl (C=O) groups excluding carboxylic acids is 1. The fraction of sp³-hybridized carbons (Fsp3) is 0.857. The van der Waals surface area contributed by atoms with Gasteiger partial charge in [0.25, 0.3) is 5.91 Å². The van der Waals surface area contributed by atoms with E-state index in [1.165, 1.54) is 0 Å². The smallest absolute Gasteiger partial charge is 0.251 e. The van der Waals surface area contributed by atoms with Crippen LogP contribution in [0.15, 0.2) is 0 Å². The first-order valence-electron chi connectivity index (χ1n) is 4.04. The van der Waals surface area contributed by atoms with Crippen molar-refractivity contribution in [1.82, 2.24) is 10.6 Å². The summed E-state index contributed by atoms with van der Waals surface area (Å²) in [6.45, 7) is 1.36. The molecule has 2 heterocycles. The summed E-state index contributed by atoms with van der Waals surface area (Å²) in [4.78, 5) is 11.2. The maximum atomic E-state index is 11.2. The van der Waals surface area contributed by atoms with Gasteiger partial charge in [-0.2, -0.15) is 0 Å². The van der Waals surface area contributed by atoms with E-state index in [4.69, 9.17) is 9.47 Å². The first-order chi connectivity index (χ1) is 5.81. The summed E-state index contributed by atoms with van der Waals surface area (Å²) < 4.78 is 10.7. The molecule has 1 amide bonds. The lowest BCUT2D eigenvalue weighted by atomic mass is 10.2. The molecule has 3 atom stereocenters. The lowest BCUT2D eigenvalue weighted by Crippen LogP contribution is -2.44. The first kappa shape index (κ1) is 7.97. The van der Waals surface area contributed by atoms with Gasteiger partial charge in [-0.25, -0.2) is 0 Å². The van der Waals surface area contributed by atoms with Crippen molar-refractivity contribution in [2.45, 2.75) is 18.5 Å². The molecule has 2 N–H and O–H groups in total. The summed E-state index contributed by atoms with van der Waals surface area (Å²) in [6.07, 6.45) is -0.801. The average Bonchev–Trinajstić information content (AvgIpc) is 2.40. The molecule has 2 fully saturated rings. The van der Waals surface area contributed by atoms with Gasteiger partial charge in [-0.1, -0.05) is 0 Å². The second-order valence-corrected chi connectivity index (χ2v) is 2.93. The lowest BCUT2D eigenvalue weighted by molar-refractivity contribution is -0.132. The van der Waals surface area contributed by atoms with Crippen molar-refractivity contribution in [1.29, 1.82) is 0 Å². The van der Waals surface area contributed by atoms with E-state index in [1.807, 2.05) is 0 Å². The van der Waals surface area contributed by atoms with Crippen LogP contribution in [0.5, 0.6) is 0 Å². The number of ether oxygens (including phenoxy) is 2. The molecule has 0 saturated carbocycles. The standard InChI is InChI=1S/C7H12N2O3/c1-8-7(10)6-4-2-9-3-5(11-4)12-6/h4-6,9H,2-3H2,1H3,(H,8,10)/t4-,5-,6-/m1/s1. The predicted molar refractivity (Wildman–Crippen MR) is 40.5 cm³/mol. The number of fused-ring (bicyclic) bond motifs is 2. The molecule has 0 aromatic rings. The highest BCUT2D eigenvalue weighted by Crippen LogP contribution is 2.21. The second kappa shape index (κ2) is 3.01. The van der Waals surface area contributed by atoms with Gasteiger partial charge in [0.1, 0.15) is 6.10 Å². The zero-order chi connectivity index (χ0) is 8.55. The summed E-state index contributed by atoms with van der Waals surface area (Å²) in [5.41, 5.74) is 0. The van der Waals surface area contributed by atoms with Crippen LogP contribution in [0.4, 0.5) is 0 Å². The molecular formula is C7H12N2O3. The van der Waals surface area contributed by atoms with Gasteiger partial charge in [0.15, 0.2) is 12.4 Å². The summed E-state index contributed by atoms with van der Waals surface area (Å²) in [7, 11) is 1.60. The topological polar surface area (TPSA) is 59.6 Å². The largest absolute Gasteiger partial charge is 0.357 e. The molecule has 0 aromatic heterocycles. The molecular weight excluding hydrogens is 160 g/mol. The fourth-order valence-electron chi connectivity index (χ4n) is 1.52. The van der Waals surface area contributed by atoms with Crippen molar-refractivity contribution in [3.05, 3.63) is 0 Å². The van der Waals surface area contributed by atoms with Crippen LogP contribution in [-0.2, 0) is 14.3 Å². The van der Waals surface area contributed by atoms with Crippen molar-refractivity contribution in [3.63, 3.8) is 0 Å². The van der Waals surface area contributed by atoms with E-state index in [0.29, 0.717) is 13.1 Å². The van der Waals surface area contributed by atoms with E-state index in [2.05, 4.69) is 10.6 Å². The van der Waals surface area contributed by atoms with Crippen molar-refractivity contribution in [2.24, 2.45) is 0 Å². The Kier molecular flexibility index (Phi) is 2.00. The summed E-state index contributed by atoms with van der Waals surface area (Å²) in [5, 5.41) is 5.67. The molecule has 68 valence electrons. The SMILES string of the molecule is CNC(=O)[C@@H]1O[C@@H]2CNC[C@H]1O2. The Bertz CT molecular complexity index is 197. The Labute approximate surface area is 70.4 Å². The Morgan fingerprint density at radius 1 is 1.50 bits per heavy atom. The highest BCUT2D eigenvalue weighted by Gasteiger charge is 2.42. The van der Waals surface area contributed by atoms with E-state index in [0.717, 1.165) is 0 Å². The Balaban J connectivity index is 2.04. The number of carbonyl (C=O) groups is 1. The highest BCUT2D eigenvalue weighted by atomic mass is 16.7. The van der Waals surface area contributed by atoms with E-state index in [9.17, 15) is 4.79 Å². The molecule has 0 aromatic carbocycles. The molecule has 2 rings (SSSR count). The number of amides is 1. The van der Waals surface area contributed by atoms with E-state index < -0.39 is 6.10 Å². The zero-order valence-electron chi connectivity index (χ0n) is 6.87. The minimum atomic E-state index is -0.435. The van der Waals surface area contributed by atoms with Crippen molar-refractivity contribution in [3.8, 4) is 0 Å². The molecule has 5 heteroatoms. The van der Waals surface area contributed by atoms with Crippen molar-refractivity contribution >= 4 is 5.91 Å². The van der Waals surface area contributed by atoms with Crippen LogP contribution in [0, 0.1) is 0 Å². The average molecular weight is 172 g/mol. The number of hydrogen-bond acceptors (Lipinski definition) is 4. The molecule has 0 unspecified atom stereocenters. The van der Waals surface area contributed by atoms with Crippen LogP contribution in [-0.4, -0.2) is 44.5 Å². The third-order valence-electron chi connectivity index (χ3n) is 2.12. The van der Waals surface area contributed by atoms with Crippen LogP contribution < -0.4 is 10.6 Å². The van der Waals surface area contributed by atoms with Gasteiger partial charge in [-0.3, -0.25) is 4.79 Å². The molecule has 2 aliphatic rings. The number of likely N-dealkylation sites (N-methyl/N-ethyl adjacent to an activating group) is 1. The van der Waals surface area contributed by atoms with E-state index >= 15 is 0 Å². The number of nitrogens with one attached hydrogen (secondary N) is 2. The monoisotopic (exact) mass is 172 g/mol. The third-order valence-corrected chi connectivity index (χ3v) is 2.12. The molecule has 0 spiro atoms. The van der Waals surface area contributed by atoms with Crippen LogP contribution in [0.1, 0.15) is 0 Å². The van der Waals surface area contributed by atoms with Gasteiger partial charge in [0, 0.05) is 20.1 Å². The Morgan fingerprint density at radius 2 is 2.33 bits per heavy atom. The highest BCUT2D eigenvalue weighted by molar-refractivity contribution is 5.81. The quantitative estimate of drug-likeness (QED) is 0.502. The Morgan fingerprint density at radius 3 is 3.00 bits per heavy atom. The summed E-state index contributed by atoms with van der Waals surface area (Å²) >= 11 is 0. The maximum absolute atomic E-state index is 11.2. The van der Waals surface area contributed by atoms with Crippen LogP contribution >= 0.6 is 0 Å². The van der Waals surface area contributed by atoms with E-state index in [-0.39, 0.29) is 18.3 Å². The van der Waals surface area contributed by atoms with Gasteiger partial charge in [-0.15, -0.1) is 0 Å². The molecule has 5 nitrogen and oxygen atoms in total.